The van der Waals surface area contributed by atoms with Crippen LogP contribution in [0.5, 0.6) is 5.75 Å². The van der Waals surface area contributed by atoms with Gasteiger partial charge in [-0.1, -0.05) is 12.1 Å². The maximum atomic E-state index is 14.1. The van der Waals surface area contributed by atoms with Crippen LogP contribution in [-0.4, -0.2) is 18.1 Å². The first-order valence-electron chi connectivity index (χ1n) is 6.25. The summed E-state index contributed by atoms with van der Waals surface area (Å²) in [5.41, 5.74) is 7.99. The van der Waals surface area contributed by atoms with Gasteiger partial charge in [0.1, 0.15) is 0 Å². The molecule has 1 aromatic heterocycles. The van der Waals surface area contributed by atoms with Crippen LogP contribution in [0.25, 0.3) is 11.3 Å². The average molecular weight is 258 g/mol. The molecule has 3 nitrogen and oxygen atoms in total. The molecule has 0 amide bonds. The first-order chi connectivity index (χ1) is 9.20. The molecule has 1 saturated carbocycles. The van der Waals surface area contributed by atoms with E-state index >= 15 is 0 Å². The van der Waals surface area contributed by atoms with Crippen molar-refractivity contribution < 1.29 is 9.13 Å². The van der Waals surface area contributed by atoms with Gasteiger partial charge in [0, 0.05) is 23.7 Å². The number of hydrogen-bond donors (Lipinski definition) is 1. The summed E-state index contributed by atoms with van der Waals surface area (Å²) in [7, 11) is 1.45. The van der Waals surface area contributed by atoms with Gasteiger partial charge in [0.25, 0.3) is 0 Å². The summed E-state index contributed by atoms with van der Waals surface area (Å²) in [5.74, 6) is 0.262. The Kier molecular flexibility index (Phi) is 2.95. The molecule has 0 bridgehead atoms. The first kappa shape index (κ1) is 12.1. The molecule has 98 valence electrons. The number of benzene rings is 1. The maximum absolute atomic E-state index is 14.1. The number of rotatable bonds is 3. The number of halogens is 1. The van der Waals surface area contributed by atoms with Gasteiger partial charge in [-0.25, -0.2) is 4.39 Å². The van der Waals surface area contributed by atoms with Crippen molar-refractivity contribution >= 4 is 0 Å². The predicted octanol–water partition coefficient (Wildman–Crippen LogP) is 2.71. The van der Waals surface area contributed by atoms with Gasteiger partial charge in [0.2, 0.25) is 0 Å². The predicted molar refractivity (Wildman–Crippen MR) is 71.5 cm³/mol. The van der Waals surface area contributed by atoms with Gasteiger partial charge in [-0.05, 0) is 30.2 Å². The summed E-state index contributed by atoms with van der Waals surface area (Å²) < 4.78 is 19.1. The van der Waals surface area contributed by atoms with E-state index < -0.39 is 0 Å². The van der Waals surface area contributed by atoms with Crippen LogP contribution in [0, 0.1) is 5.82 Å². The molecular formula is C15H15FN2O. The van der Waals surface area contributed by atoms with E-state index in [2.05, 4.69) is 4.98 Å². The molecule has 2 aromatic rings. The molecule has 2 atom stereocenters. The van der Waals surface area contributed by atoms with Crippen molar-refractivity contribution in [3.63, 3.8) is 0 Å². The zero-order chi connectivity index (χ0) is 13.4. The highest BCUT2D eigenvalue weighted by atomic mass is 19.1. The Morgan fingerprint density at radius 1 is 1.32 bits per heavy atom. The van der Waals surface area contributed by atoms with Gasteiger partial charge in [0.05, 0.1) is 12.8 Å². The van der Waals surface area contributed by atoms with Crippen molar-refractivity contribution in [1.82, 2.24) is 4.98 Å². The standard InChI is InChI=1S/C15H15FN2O/c1-19-14-4-2-3-10(15(14)16)13-6-5-9(8-18-13)11-7-12(11)17/h2-6,8,11-12H,7,17H2,1H3/t11-,12+/m0/s1. The van der Waals surface area contributed by atoms with E-state index in [0.717, 1.165) is 12.0 Å². The van der Waals surface area contributed by atoms with Crippen molar-refractivity contribution in [3.05, 3.63) is 47.9 Å². The van der Waals surface area contributed by atoms with E-state index in [-0.39, 0.29) is 17.6 Å². The van der Waals surface area contributed by atoms with Crippen LogP contribution in [0.2, 0.25) is 0 Å². The Hall–Kier alpha value is -1.94. The minimum atomic E-state index is -0.381. The minimum absolute atomic E-state index is 0.229. The molecule has 1 aliphatic rings. The van der Waals surface area contributed by atoms with Crippen molar-refractivity contribution in [1.29, 1.82) is 0 Å². The molecule has 1 heterocycles. The van der Waals surface area contributed by atoms with Crippen molar-refractivity contribution in [2.45, 2.75) is 18.4 Å². The van der Waals surface area contributed by atoms with Crippen molar-refractivity contribution in [2.24, 2.45) is 5.73 Å². The summed E-state index contributed by atoms with van der Waals surface area (Å²) in [4.78, 5) is 4.33. The van der Waals surface area contributed by atoms with Gasteiger partial charge in [-0.2, -0.15) is 0 Å². The van der Waals surface area contributed by atoms with Crippen LogP contribution in [-0.2, 0) is 0 Å². The van der Waals surface area contributed by atoms with Gasteiger partial charge in [0.15, 0.2) is 11.6 Å². The fraction of sp³-hybridized carbons (Fsp3) is 0.267. The van der Waals surface area contributed by atoms with Gasteiger partial charge < -0.3 is 10.5 Å². The SMILES string of the molecule is COc1cccc(-c2ccc([C@@H]3C[C@H]3N)cn2)c1F. The third kappa shape index (κ3) is 2.19. The Labute approximate surface area is 111 Å². The highest BCUT2D eigenvalue weighted by Gasteiger charge is 2.34. The number of nitrogens with zero attached hydrogens (tertiary/aromatic N) is 1. The lowest BCUT2D eigenvalue weighted by atomic mass is 10.1. The zero-order valence-electron chi connectivity index (χ0n) is 10.6. The van der Waals surface area contributed by atoms with Crippen LogP contribution < -0.4 is 10.5 Å². The number of hydrogen-bond acceptors (Lipinski definition) is 3. The molecule has 1 aromatic carbocycles. The fourth-order valence-corrected chi connectivity index (χ4v) is 2.25. The van der Waals surface area contributed by atoms with Gasteiger partial charge in [-0.15, -0.1) is 0 Å². The summed E-state index contributed by atoms with van der Waals surface area (Å²) in [6, 6.07) is 9.10. The molecule has 0 aliphatic heterocycles. The summed E-state index contributed by atoms with van der Waals surface area (Å²) in [5, 5.41) is 0. The fourth-order valence-electron chi connectivity index (χ4n) is 2.25. The van der Waals surface area contributed by atoms with Crippen LogP contribution in [0.4, 0.5) is 4.39 Å². The monoisotopic (exact) mass is 258 g/mol. The molecule has 0 spiro atoms. The van der Waals surface area contributed by atoms with E-state index in [0.29, 0.717) is 17.2 Å². The number of ether oxygens (including phenoxy) is 1. The van der Waals surface area contributed by atoms with Crippen LogP contribution in [0.3, 0.4) is 0 Å². The number of pyridine rings is 1. The van der Waals surface area contributed by atoms with E-state index in [9.17, 15) is 4.39 Å². The molecule has 4 heteroatoms. The summed E-state index contributed by atoms with van der Waals surface area (Å²) in [6.07, 6.45) is 2.79. The Morgan fingerprint density at radius 3 is 2.68 bits per heavy atom. The molecule has 1 aliphatic carbocycles. The quantitative estimate of drug-likeness (QED) is 0.920. The number of methoxy groups -OCH3 is 1. The van der Waals surface area contributed by atoms with E-state index in [1.165, 1.54) is 7.11 Å². The summed E-state index contributed by atoms with van der Waals surface area (Å²) in [6.45, 7) is 0. The second-order valence-electron chi connectivity index (χ2n) is 4.80. The van der Waals surface area contributed by atoms with Crippen molar-refractivity contribution in [3.8, 4) is 17.0 Å². The smallest absolute Gasteiger partial charge is 0.174 e. The highest BCUT2D eigenvalue weighted by Crippen LogP contribution is 2.39. The summed E-state index contributed by atoms with van der Waals surface area (Å²) >= 11 is 0. The van der Waals surface area contributed by atoms with E-state index in [1.807, 2.05) is 12.1 Å². The van der Waals surface area contributed by atoms with E-state index in [1.54, 1.807) is 24.4 Å². The molecule has 0 unspecified atom stereocenters. The van der Waals surface area contributed by atoms with Crippen molar-refractivity contribution in [2.75, 3.05) is 7.11 Å². The van der Waals surface area contributed by atoms with Crippen LogP contribution >= 0.6 is 0 Å². The van der Waals surface area contributed by atoms with Gasteiger partial charge >= 0.3 is 0 Å². The second kappa shape index (κ2) is 4.63. The zero-order valence-corrected chi connectivity index (χ0v) is 10.6. The van der Waals surface area contributed by atoms with Crippen LogP contribution in [0.15, 0.2) is 36.5 Å². The number of aromatic nitrogens is 1. The maximum Gasteiger partial charge on any atom is 0.174 e. The minimum Gasteiger partial charge on any atom is -0.494 e. The molecule has 3 rings (SSSR count). The molecule has 2 N–H and O–H groups in total. The lowest BCUT2D eigenvalue weighted by Gasteiger charge is -2.07. The Bertz CT molecular complexity index is 598. The number of nitrogens with two attached hydrogens (primary N) is 1. The molecular weight excluding hydrogens is 243 g/mol. The normalized spacial score (nSPS) is 21.2. The molecule has 0 saturated heterocycles. The highest BCUT2D eigenvalue weighted by molar-refractivity contribution is 5.62. The Morgan fingerprint density at radius 2 is 2.11 bits per heavy atom. The third-order valence-electron chi connectivity index (χ3n) is 3.51. The lowest BCUT2D eigenvalue weighted by molar-refractivity contribution is 0.387. The first-order valence-corrected chi connectivity index (χ1v) is 6.25. The third-order valence-corrected chi connectivity index (χ3v) is 3.51. The van der Waals surface area contributed by atoms with Gasteiger partial charge in [-0.3, -0.25) is 4.98 Å². The van der Waals surface area contributed by atoms with Crippen LogP contribution in [0.1, 0.15) is 17.9 Å². The largest absolute Gasteiger partial charge is 0.494 e. The second-order valence-corrected chi connectivity index (χ2v) is 4.80. The molecule has 1 fully saturated rings. The topological polar surface area (TPSA) is 48.1 Å². The molecule has 0 radical (unpaired) electrons. The average Bonchev–Trinajstić information content (AvgIpc) is 3.16. The van der Waals surface area contributed by atoms with E-state index in [4.69, 9.17) is 10.5 Å². The Balaban J connectivity index is 1.94. The molecule has 19 heavy (non-hydrogen) atoms. The lowest BCUT2D eigenvalue weighted by Crippen LogP contribution is -2.01.